The molecule has 0 aromatic rings. The van der Waals surface area contributed by atoms with Crippen LogP contribution in [-0.2, 0) is 0 Å². The van der Waals surface area contributed by atoms with Gasteiger partial charge in [0.1, 0.15) is 0 Å². The Bertz CT molecular complexity index is 231. The molecule has 2 saturated carbocycles. The van der Waals surface area contributed by atoms with Crippen LogP contribution in [0, 0.1) is 11.8 Å². The van der Waals surface area contributed by atoms with Crippen LogP contribution < -0.4 is 5.73 Å². The van der Waals surface area contributed by atoms with Gasteiger partial charge in [0.05, 0.1) is 0 Å². The van der Waals surface area contributed by atoms with Gasteiger partial charge < -0.3 is 5.73 Å². The van der Waals surface area contributed by atoms with Gasteiger partial charge in [0.15, 0.2) is 0 Å². The largest absolute Gasteiger partial charge is 0.325 e. The fourth-order valence-corrected chi connectivity index (χ4v) is 3.56. The van der Waals surface area contributed by atoms with Crippen molar-refractivity contribution in [1.29, 1.82) is 0 Å². The molecule has 2 N–H and O–H groups in total. The van der Waals surface area contributed by atoms with Crippen LogP contribution in [0.5, 0.6) is 0 Å². The van der Waals surface area contributed by atoms with Gasteiger partial charge in [-0.1, -0.05) is 11.6 Å². The minimum atomic E-state index is 0.232. The zero-order chi connectivity index (χ0) is 7.47. The summed E-state index contributed by atoms with van der Waals surface area (Å²) in [5, 5.41) is 0. The molecule has 3 atom stereocenters. The van der Waals surface area contributed by atoms with Crippen molar-refractivity contribution in [2.45, 2.75) is 37.6 Å². The van der Waals surface area contributed by atoms with Crippen LogP contribution in [0.15, 0.2) is 11.6 Å². The lowest BCUT2D eigenvalue weighted by Gasteiger charge is -2.50. The molecule has 60 valence electrons. The van der Waals surface area contributed by atoms with Gasteiger partial charge >= 0.3 is 0 Å². The minimum absolute atomic E-state index is 0.232. The van der Waals surface area contributed by atoms with Crippen LogP contribution in [0.4, 0.5) is 0 Å². The summed E-state index contributed by atoms with van der Waals surface area (Å²) in [5.74, 6) is 1.81. The molecule has 0 spiro atoms. The van der Waals surface area contributed by atoms with Crippen LogP contribution in [0.25, 0.3) is 0 Å². The number of rotatable bonds is 0. The zero-order valence-electron chi connectivity index (χ0n) is 6.84. The molecule has 4 aliphatic carbocycles. The molecule has 11 heavy (non-hydrogen) atoms. The molecule has 1 heteroatoms. The van der Waals surface area contributed by atoms with E-state index in [-0.39, 0.29) is 5.54 Å². The molecule has 0 saturated heterocycles. The Balaban J connectivity index is 2.06. The van der Waals surface area contributed by atoms with Crippen molar-refractivity contribution in [3.63, 3.8) is 0 Å². The molecule has 1 nitrogen and oxygen atoms in total. The van der Waals surface area contributed by atoms with Crippen LogP contribution in [-0.4, -0.2) is 5.54 Å². The summed E-state index contributed by atoms with van der Waals surface area (Å²) in [4.78, 5) is 0. The summed E-state index contributed by atoms with van der Waals surface area (Å²) in [7, 11) is 0. The van der Waals surface area contributed by atoms with Gasteiger partial charge in [0.2, 0.25) is 0 Å². The van der Waals surface area contributed by atoms with E-state index in [2.05, 4.69) is 6.08 Å². The summed E-state index contributed by atoms with van der Waals surface area (Å²) in [6.45, 7) is 0. The molecular formula is C10H15N. The monoisotopic (exact) mass is 149 g/mol. The van der Waals surface area contributed by atoms with E-state index < -0.39 is 0 Å². The molecule has 0 amide bonds. The third-order valence-electron chi connectivity index (χ3n) is 3.60. The van der Waals surface area contributed by atoms with Gasteiger partial charge in [-0.15, -0.1) is 0 Å². The third kappa shape index (κ3) is 0.807. The highest BCUT2D eigenvalue weighted by Gasteiger charge is 2.44. The Kier molecular flexibility index (Phi) is 0.972. The zero-order valence-corrected chi connectivity index (χ0v) is 6.84. The standard InChI is InChI=1S/C10H15N/c11-10-4-7-1-8(5-10)3-9(2-7)6-10/h1,7,9H,2-6,11H2. The van der Waals surface area contributed by atoms with E-state index in [4.69, 9.17) is 5.73 Å². The van der Waals surface area contributed by atoms with Gasteiger partial charge in [0, 0.05) is 5.54 Å². The van der Waals surface area contributed by atoms with Crippen molar-refractivity contribution in [1.82, 2.24) is 0 Å². The van der Waals surface area contributed by atoms with Crippen LogP contribution in [0.2, 0.25) is 0 Å². The summed E-state index contributed by atoms with van der Waals surface area (Å²) in [6.07, 6.45) is 9.09. The Hall–Kier alpha value is -0.300. The first kappa shape index (κ1) is 6.24. The van der Waals surface area contributed by atoms with E-state index in [9.17, 15) is 0 Å². The van der Waals surface area contributed by atoms with E-state index in [1.54, 1.807) is 5.57 Å². The molecule has 2 fully saturated rings. The van der Waals surface area contributed by atoms with Crippen molar-refractivity contribution >= 4 is 0 Å². The second-order valence-corrected chi connectivity index (χ2v) is 4.84. The lowest BCUT2D eigenvalue weighted by molar-refractivity contribution is 0.136. The highest BCUT2D eigenvalue weighted by atomic mass is 14.8. The average molecular weight is 149 g/mol. The van der Waals surface area contributed by atoms with Crippen molar-refractivity contribution in [3.8, 4) is 0 Å². The first-order valence-electron chi connectivity index (χ1n) is 4.72. The molecule has 4 rings (SSSR count). The Morgan fingerprint density at radius 1 is 1.45 bits per heavy atom. The maximum absolute atomic E-state index is 6.28. The SMILES string of the molecule is NC12CC3=CC(CC(C3)C1)C2. The summed E-state index contributed by atoms with van der Waals surface area (Å²) < 4.78 is 0. The van der Waals surface area contributed by atoms with E-state index in [1.165, 1.54) is 32.1 Å². The molecule has 4 bridgehead atoms. The maximum Gasteiger partial charge on any atom is 0.0200 e. The second kappa shape index (κ2) is 1.71. The highest BCUT2D eigenvalue weighted by molar-refractivity contribution is 5.23. The number of hydrogen-bond donors (Lipinski definition) is 1. The minimum Gasteiger partial charge on any atom is -0.325 e. The van der Waals surface area contributed by atoms with E-state index >= 15 is 0 Å². The van der Waals surface area contributed by atoms with Crippen LogP contribution in [0.3, 0.4) is 0 Å². The van der Waals surface area contributed by atoms with E-state index in [1.807, 2.05) is 0 Å². The molecule has 4 aliphatic rings. The van der Waals surface area contributed by atoms with Crippen LogP contribution in [0.1, 0.15) is 32.1 Å². The number of hydrogen-bond acceptors (Lipinski definition) is 1. The lowest BCUT2D eigenvalue weighted by atomic mass is 9.58. The molecule has 0 aromatic heterocycles. The summed E-state index contributed by atoms with van der Waals surface area (Å²) >= 11 is 0. The fraction of sp³-hybridized carbons (Fsp3) is 0.800. The maximum atomic E-state index is 6.28. The number of nitrogens with two attached hydrogens (primary N) is 1. The predicted molar refractivity (Wildman–Crippen MR) is 45.1 cm³/mol. The third-order valence-corrected chi connectivity index (χ3v) is 3.60. The molecule has 3 unspecified atom stereocenters. The van der Waals surface area contributed by atoms with Gasteiger partial charge in [-0.25, -0.2) is 0 Å². The first-order valence-corrected chi connectivity index (χ1v) is 4.72. The Labute approximate surface area is 67.7 Å². The van der Waals surface area contributed by atoms with E-state index in [0.717, 1.165) is 11.8 Å². The van der Waals surface area contributed by atoms with Crippen molar-refractivity contribution in [2.75, 3.05) is 0 Å². The van der Waals surface area contributed by atoms with Gasteiger partial charge in [-0.05, 0) is 43.9 Å². The molecular weight excluding hydrogens is 134 g/mol. The topological polar surface area (TPSA) is 26.0 Å². The van der Waals surface area contributed by atoms with Crippen molar-refractivity contribution in [2.24, 2.45) is 17.6 Å². The Morgan fingerprint density at radius 2 is 2.36 bits per heavy atom. The summed E-state index contributed by atoms with van der Waals surface area (Å²) in [6, 6.07) is 0. The van der Waals surface area contributed by atoms with Gasteiger partial charge in [0.25, 0.3) is 0 Å². The average Bonchev–Trinajstić information content (AvgIpc) is 1.79. The normalized spacial score (nSPS) is 53.0. The smallest absolute Gasteiger partial charge is 0.0200 e. The van der Waals surface area contributed by atoms with Crippen molar-refractivity contribution in [3.05, 3.63) is 11.6 Å². The fourth-order valence-electron chi connectivity index (χ4n) is 3.56. The quantitative estimate of drug-likeness (QED) is 0.522. The molecule has 0 aliphatic heterocycles. The van der Waals surface area contributed by atoms with Crippen LogP contribution >= 0.6 is 0 Å². The molecule has 0 heterocycles. The van der Waals surface area contributed by atoms with Gasteiger partial charge in [-0.2, -0.15) is 0 Å². The first-order chi connectivity index (χ1) is 5.23. The predicted octanol–water partition coefficient (Wildman–Crippen LogP) is 1.83. The van der Waals surface area contributed by atoms with Gasteiger partial charge in [-0.3, -0.25) is 0 Å². The van der Waals surface area contributed by atoms with Crippen molar-refractivity contribution < 1.29 is 0 Å². The second-order valence-electron chi connectivity index (χ2n) is 4.84. The molecule has 0 radical (unpaired) electrons. The highest BCUT2D eigenvalue weighted by Crippen LogP contribution is 2.51. The Morgan fingerprint density at radius 3 is 3.00 bits per heavy atom. The summed E-state index contributed by atoms with van der Waals surface area (Å²) in [5.41, 5.74) is 8.18. The molecule has 0 aromatic carbocycles. The van der Waals surface area contributed by atoms with E-state index in [0.29, 0.717) is 0 Å². The lowest BCUT2D eigenvalue weighted by Crippen LogP contribution is -2.52. The number of allylic oxidation sites excluding steroid dienone is 1.